The first-order valence-electron chi connectivity index (χ1n) is 9.14. The minimum Gasteiger partial charge on any atom is -0.340 e. The predicted molar refractivity (Wildman–Crippen MR) is 89.0 cm³/mol. The van der Waals surface area contributed by atoms with Crippen molar-refractivity contribution in [2.75, 3.05) is 60.9 Å². The molecule has 1 saturated carbocycles. The Balaban J connectivity index is 1.75. The summed E-state index contributed by atoms with van der Waals surface area (Å²) in [5.74, 6) is 2.83. The van der Waals surface area contributed by atoms with Crippen LogP contribution in [-0.2, 0) is 0 Å². The van der Waals surface area contributed by atoms with E-state index < -0.39 is 0 Å². The molecule has 3 N–H and O–H groups in total. The fraction of sp³-hybridized carbons (Fsp3) is 0.889. The van der Waals surface area contributed by atoms with Gasteiger partial charge in [-0.3, -0.25) is 0 Å². The van der Waals surface area contributed by atoms with Crippen molar-refractivity contribution in [3.05, 3.63) is 12.2 Å². The highest BCUT2D eigenvalue weighted by Gasteiger charge is 2.37. The average molecular weight is 297 g/mol. The average Bonchev–Trinajstić information content (AvgIpc) is 2.99. The molecule has 0 radical (unpaired) electrons. The maximum Gasteiger partial charge on any atom is 0.0825 e. The second-order valence-corrected chi connectivity index (χ2v) is 8.12. The van der Waals surface area contributed by atoms with Gasteiger partial charge >= 0.3 is 0 Å². The van der Waals surface area contributed by atoms with Gasteiger partial charge in [0, 0.05) is 18.8 Å². The van der Waals surface area contributed by atoms with Crippen molar-refractivity contribution in [2.45, 2.75) is 25.7 Å². The van der Waals surface area contributed by atoms with Crippen LogP contribution >= 0.6 is 0 Å². The third-order valence-corrected chi connectivity index (χ3v) is 5.38. The summed E-state index contributed by atoms with van der Waals surface area (Å²) < 4.78 is 0. The van der Waals surface area contributed by atoms with Gasteiger partial charge in [0.2, 0.25) is 0 Å². The fourth-order valence-corrected chi connectivity index (χ4v) is 4.21. The lowest BCUT2D eigenvalue weighted by Gasteiger charge is -2.26. The second kappa shape index (κ2) is 8.30. The highest BCUT2D eigenvalue weighted by molar-refractivity contribution is 5.09. The van der Waals surface area contributed by atoms with Crippen molar-refractivity contribution < 1.29 is 14.7 Å². The summed E-state index contributed by atoms with van der Waals surface area (Å²) in [5, 5.41) is 0. The molecule has 0 aromatic heterocycles. The van der Waals surface area contributed by atoms with E-state index in [1.807, 2.05) is 4.90 Å². The lowest BCUT2D eigenvalue weighted by molar-refractivity contribution is -0.917. The number of nitrogens with one attached hydrogen (secondary N) is 3. The summed E-state index contributed by atoms with van der Waals surface area (Å²) in [5.41, 5.74) is 0. The van der Waals surface area contributed by atoms with Crippen LogP contribution in [0.3, 0.4) is 0 Å². The van der Waals surface area contributed by atoms with Crippen LogP contribution in [0.25, 0.3) is 0 Å². The molecule has 0 amide bonds. The van der Waals surface area contributed by atoms with E-state index in [-0.39, 0.29) is 0 Å². The Kier molecular flexibility index (Phi) is 6.72. The van der Waals surface area contributed by atoms with Gasteiger partial charge in [-0.2, -0.15) is 0 Å². The van der Waals surface area contributed by atoms with Gasteiger partial charge < -0.3 is 14.7 Å². The van der Waals surface area contributed by atoms with Gasteiger partial charge in [0.15, 0.2) is 0 Å². The van der Waals surface area contributed by atoms with Crippen LogP contribution in [0.1, 0.15) is 25.7 Å². The van der Waals surface area contributed by atoms with Gasteiger partial charge in [-0.05, 0) is 24.7 Å². The quantitative estimate of drug-likeness (QED) is 0.392. The van der Waals surface area contributed by atoms with Crippen LogP contribution < -0.4 is 14.7 Å². The van der Waals surface area contributed by atoms with Crippen LogP contribution in [0.2, 0.25) is 0 Å². The molecule has 122 valence electrons. The zero-order chi connectivity index (χ0) is 15.2. The standard InChI is InChI=1S/C18H35N3/c1-19(2)9-5-11-21(12-6-10-20(3)4)15-18-14-16-7-8-17(18)13-16/h7-8,16-18H,5-6,9-15H2,1-4H3/p+3/t16-,17+,18-/m0/s1. The van der Waals surface area contributed by atoms with Crippen LogP contribution in [-0.4, -0.2) is 60.9 Å². The predicted octanol–water partition coefficient (Wildman–Crippen LogP) is -1.85. The van der Waals surface area contributed by atoms with Gasteiger partial charge in [-0.15, -0.1) is 0 Å². The summed E-state index contributed by atoms with van der Waals surface area (Å²) in [4.78, 5) is 5.06. The van der Waals surface area contributed by atoms with E-state index >= 15 is 0 Å². The van der Waals surface area contributed by atoms with Crippen molar-refractivity contribution in [1.82, 2.24) is 0 Å². The number of fused-ring (bicyclic) bond motifs is 2. The molecule has 0 unspecified atom stereocenters. The van der Waals surface area contributed by atoms with Crippen molar-refractivity contribution in [3.63, 3.8) is 0 Å². The zero-order valence-electron chi connectivity index (χ0n) is 14.8. The monoisotopic (exact) mass is 296 g/mol. The first-order valence-corrected chi connectivity index (χ1v) is 9.14. The molecule has 0 heterocycles. The lowest BCUT2D eigenvalue weighted by atomic mass is 9.93. The molecule has 2 aliphatic rings. The first kappa shape index (κ1) is 17.0. The molecule has 0 saturated heterocycles. The molecule has 1 fully saturated rings. The Bertz CT molecular complexity index is 310. The molecule has 0 spiro atoms. The first-order chi connectivity index (χ1) is 10.0. The van der Waals surface area contributed by atoms with Crippen LogP contribution in [0.15, 0.2) is 12.2 Å². The van der Waals surface area contributed by atoms with Crippen molar-refractivity contribution >= 4 is 0 Å². The molecule has 3 heteroatoms. The summed E-state index contributed by atoms with van der Waals surface area (Å²) >= 11 is 0. The molecule has 3 nitrogen and oxygen atoms in total. The zero-order valence-corrected chi connectivity index (χ0v) is 14.8. The van der Waals surface area contributed by atoms with Gasteiger partial charge in [0.05, 0.1) is 60.9 Å². The molecule has 2 aliphatic carbocycles. The highest BCUT2D eigenvalue weighted by Crippen LogP contribution is 2.42. The molecule has 0 aromatic carbocycles. The van der Waals surface area contributed by atoms with Crippen molar-refractivity contribution in [1.29, 1.82) is 0 Å². The Morgan fingerprint density at radius 1 is 0.810 bits per heavy atom. The molecule has 3 atom stereocenters. The summed E-state index contributed by atoms with van der Waals surface area (Å²) in [6.07, 6.45) is 10.7. The van der Waals surface area contributed by atoms with Gasteiger partial charge in [-0.25, -0.2) is 0 Å². The normalized spacial score (nSPS) is 27.7. The van der Waals surface area contributed by atoms with Crippen molar-refractivity contribution in [3.8, 4) is 0 Å². The van der Waals surface area contributed by atoms with E-state index in [1.54, 1.807) is 9.80 Å². The van der Waals surface area contributed by atoms with Crippen LogP contribution in [0.4, 0.5) is 0 Å². The third kappa shape index (κ3) is 5.72. The van der Waals surface area contributed by atoms with E-state index in [9.17, 15) is 0 Å². The summed E-state index contributed by atoms with van der Waals surface area (Å²) in [6.45, 7) is 6.83. The van der Waals surface area contributed by atoms with Crippen LogP contribution in [0, 0.1) is 17.8 Å². The van der Waals surface area contributed by atoms with E-state index in [4.69, 9.17) is 0 Å². The highest BCUT2D eigenvalue weighted by atomic mass is 15.1. The number of hydrogen-bond acceptors (Lipinski definition) is 0. The third-order valence-electron chi connectivity index (χ3n) is 5.38. The fourth-order valence-electron chi connectivity index (χ4n) is 4.21. The van der Waals surface area contributed by atoms with Crippen molar-refractivity contribution in [2.24, 2.45) is 17.8 Å². The molecule has 2 rings (SSSR count). The number of allylic oxidation sites excluding steroid dienone is 2. The van der Waals surface area contributed by atoms with Gasteiger partial charge in [0.25, 0.3) is 0 Å². The maximum absolute atomic E-state index is 2.52. The van der Waals surface area contributed by atoms with Gasteiger partial charge in [-0.1, -0.05) is 12.2 Å². The molecule has 0 aliphatic heterocycles. The lowest BCUT2D eigenvalue weighted by Crippen LogP contribution is -3.14. The molecule has 21 heavy (non-hydrogen) atoms. The number of hydrogen-bond donors (Lipinski definition) is 3. The number of rotatable bonds is 10. The minimum atomic E-state index is 0.920. The van der Waals surface area contributed by atoms with Crippen LogP contribution in [0.5, 0.6) is 0 Å². The SMILES string of the molecule is C[NH+](C)CCC[NH+](CCC[NH+](C)C)C[C@@H]1C[C@H]2C=C[C@@H]1C2. The largest absolute Gasteiger partial charge is 0.340 e. The number of quaternary nitrogens is 3. The molecular weight excluding hydrogens is 258 g/mol. The molecule has 2 bridgehead atoms. The van der Waals surface area contributed by atoms with E-state index in [0.717, 1.165) is 17.8 Å². The minimum absolute atomic E-state index is 0.920. The Morgan fingerprint density at radius 3 is 1.86 bits per heavy atom. The Hall–Kier alpha value is -0.380. The smallest absolute Gasteiger partial charge is 0.0825 e. The second-order valence-electron chi connectivity index (χ2n) is 8.12. The molecule has 0 aromatic rings. The summed E-state index contributed by atoms with van der Waals surface area (Å²) in [6, 6.07) is 0. The molecular formula is C18H38N3+3. The van der Waals surface area contributed by atoms with E-state index in [0.29, 0.717) is 0 Å². The van der Waals surface area contributed by atoms with E-state index in [2.05, 4.69) is 40.3 Å². The Morgan fingerprint density at radius 2 is 1.43 bits per heavy atom. The maximum atomic E-state index is 2.52. The topological polar surface area (TPSA) is 13.3 Å². The van der Waals surface area contributed by atoms with Gasteiger partial charge in [0.1, 0.15) is 0 Å². The summed E-state index contributed by atoms with van der Waals surface area (Å²) in [7, 11) is 9.09. The Labute approximate surface area is 132 Å². The van der Waals surface area contributed by atoms with E-state index in [1.165, 1.54) is 58.4 Å².